The van der Waals surface area contributed by atoms with Gasteiger partial charge >= 0.3 is 5.97 Å². The van der Waals surface area contributed by atoms with E-state index < -0.39 is 11.9 Å². The topological polar surface area (TPSA) is 82.7 Å². The Morgan fingerprint density at radius 1 is 1.00 bits per heavy atom. The van der Waals surface area contributed by atoms with Crippen LogP contribution in [-0.4, -0.2) is 25.9 Å². The molecule has 23 heavy (non-hydrogen) atoms. The summed E-state index contributed by atoms with van der Waals surface area (Å²) < 4.78 is 2.08. The lowest BCUT2D eigenvalue weighted by Crippen LogP contribution is -2.17. The summed E-state index contributed by atoms with van der Waals surface area (Å²) in [4.78, 5) is 11.6. The summed E-state index contributed by atoms with van der Waals surface area (Å²) >= 11 is 3.31. The van der Waals surface area contributed by atoms with Crippen molar-refractivity contribution in [1.29, 1.82) is 0 Å². The number of carboxylic acid groups (broad SMARTS) is 1. The minimum atomic E-state index is -1.02. The first-order valence-electron chi connectivity index (χ1n) is 6.96. The fraction of sp³-hybridized carbons (Fsp3) is 0.118. The van der Waals surface area contributed by atoms with Crippen molar-refractivity contribution in [2.75, 3.05) is 0 Å². The molecule has 0 aliphatic heterocycles. The molecule has 0 aliphatic rings. The lowest BCUT2D eigenvalue weighted by atomic mass is 9.99. The summed E-state index contributed by atoms with van der Waals surface area (Å²) in [5.41, 5.74) is 0.595. The van der Waals surface area contributed by atoms with Crippen molar-refractivity contribution >= 4 is 32.7 Å². The predicted molar refractivity (Wildman–Crippen MR) is 89.8 cm³/mol. The van der Waals surface area contributed by atoms with Crippen LogP contribution in [0.4, 0.5) is 0 Å². The standard InChI is InChI=1S/C17H14BrNO4/c18-11-7-5-10(6-8-11)14(17(22)23)9-19-15(20)12-3-1-2-4-13(12)16(19)21/h1-8,14,20-21H,9H2,(H,22,23). The molecule has 0 amide bonds. The average Bonchev–Trinajstić information content (AvgIpc) is 2.78. The van der Waals surface area contributed by atoms with Crippen molar-refractivity contribution in [2.24, 2.45) is 0 Å². The number of hydrogen-bond donors (Lipinski definition) is 3. The molecule has 0 saturated heterocycles. The predicted octanol–water partition coefficient (Wildman–Crippen LogP) is 3.68. The molecule has 0 radical (unpaired) electrons. The number of halogens is 1. The van der Waals surface area contributed by atoms with Gasteiger partial charge in [-0.15, -0.1) is 0 Å². The molecule has 1 heterocycles. The van der Waals surface area contributed by atoms with Gasteiger partial charge in [-0.3, -0.25) is 9.36 Å². The second-order valence-electron chi connectivity index (χ2n) is 5.25. The van der Waals surface area contributed by atoms with E-state index >= 15 is 0 Å². The molecular weight excluding hydrogens is 362 g/mol. The molecule has 118 valence electrons. The summed E-state index contributed by atoms with van der Waals surface area (Å²) in [6.45, 7) is -0.0662. The van der Waals surface area contributed by atoms with Crippen molar-refractivity contribution in [3.05, 3.63) is 58.6 Å². The Bertz CT molecular complexity index is 831. The number of aliphatic carboxylic acids is 1. The number of hydrogen-bond acceptors (Lipinski definition) is 3. The SMILES string of the molecule is O=C(O)C(Cn1c(O)c2ccccc2c1O)c1ccc(Br)cc1. The summed E-state index contributed by atoms with van der Waals surface area (Å²) in [7, 11) is 0. The summed E-state index contributed by atoms with van der Waals surface area (Å²) in [6, 6.07) is 13.8. The molecule has 0 fully saturated rings. The third-order valence-corrected chi connectivity index (χ3v) is 4.38. The van der Waals surface area contributed by atoms with Crippen molar-refractivity contribution in [1.82, 2.24) is 4.57 Å². The average molecular weight is 376 g/mol. The Morgan fingerprint density at radius 3 is 2.00 bits per heavy atom. The Morgan fingerprint density at radius 2 is 1.52 bits per heavy atom. The molecule has 2 aromatic carbocycles. The highest BCUT2D eigenvalue weighted by molar-refractivity contribution is 9.10. The Hall–Kier alpha value is -2.47. The van der Waals surface area contributed by atoms with Crippen molar-refractivity contribution in [3.63, 3.8) is 0 Å². The van der Waals surface area contributed by atoms with Crippen LogP contribution in [0.25, 0.3) is 10.8 Å². The van der Waals surface area contributed by atoms with Crippen LogP contribution in [0.2, 0.25) is 0 Å². The van der Waals surface area contributed by atoms with Gasteiger partial charge in [-0.05, 0) is 29.8 Å². The molecule has 0 aliphatic carbocycles. The van der Waals surface area contributed by atoms with E-state index in [-0.39, 0.29) is 18.3 Å². The van der Waals surface area contributed by atoms with Gasteiger partial charge in [0.15, 0.2) is 0 Å². The molecular formula is C17H14BrNO4. The number of carboxylic acids is 1. The Kier molecular flexibility index (Phi) is 4.00. The smallest absolute Gasteiger partial charge is 0.312 e. The van der Waals surface area contributed by atoms with Gasteiger partial charge in [0, 0.05) is 21.8 Å². The maximum absolute atomic E-state index is 11.6. The number of carbonyl (C=O) groups is 1. The number of benzene rings is 2. The molecule has 0 spiro atoms. The van der Waals surface area contributed by atoms with Crippen molar-refractivity contribution < 1.29 is 20.1 Å². The monoisotopic (exact) mass is 375 g/mol. The van der Waals surface area contributed by atoms with Crippen LogP contribution in [0.1, 0.15) is 11.5 Å². The fourth-order valence-electron chi connectivity index (χ4n) is 2.64. The first-order valence-corrected chi connectivity index (χ1v) is 7.75. The molecule has 0 bridgehead atoms. The second kappa shape index (κ2) is 5.96. The van der Waals surface area contributed by atoms with E-state index in [4.69, 9.17) is 0 Å². The van der Waals surface area contributed by atoms with Crippen LogP contribution in [0.3, 0.4) is 0 Å². The molecule has 3 rings (SSSR count). The maximum Gasteiger partial charge on any atom is 0.312 e. The highest BCUT2D eigenvalue weighted by Crippen LogP contribution is 2.37. The fourth-order valence-corrected chi connectivity index (χ4v) is 2.91. The van der Waals surface area contributed by atoms with Crippen LogP contribution in [0, 0.1) is 0 Å². The first kappa shape index (κ1) is 15.4. The molecule has 1 atom stereocenters. The van der Waals surface area contributed by atoms with Crippen LogP contribution < -0.4 is 0 Å². The van der Waals surface area contributed by atoms with Gasteiger partial charge < -0.3 is 15.3 Å². The van der Waals surface area contributed by atoms with E-state index in [2.05, 4.69) is 15.9 Å². The molecule has 5 nitrogen and oxygen atoms in total. The van der Waals surface area contributed by atoms with Crippen LogP contribution >= 0.6 is 15.9 Å². The lowest BCUT2D eigenvalue weighted by molar-refractivity contribution is -0.139. The minimum absolute atomic E-state index is 0.0662. The number of fused-ring (bicyclic) bond motifs is 1. The van der Waals surface area contributed by atoms with E-state index in [0.29, 0.717) is 16.3 Å². The second-order valence-corrected chi connectivity index (χ2v) is 6.16. The summed E-state index contributed by atoms with van der Waals surface area (Å²) in [5, 5.41) is 31.1. The zero-order valence-corrected chi connectivity index (χ0v) is 13.6. The molecule has 1 unspecified atom stereocenters. The summed E-state index contributed by atoms with van der Waals surface area (Å²) in [6.07, 6.45) is 0. The number of nitrogens with zero attached hydrogens (tertiary/aromatic N) is 1. The highest BCUT2D eigenvalue weighted by atomic mass is 79.9. The Labute approximate surface area is 140 Å². The van der Waals surface area contributed by atoms with Gasteiger partial charge in [0.1, 0.15) is 0 Å². The van der Waals surface area contributed by atoms with Gasteiger partial charge in [-0.25, -0.2) is 0 Å². The van der Waals surface area contributed by atoms with Gasteiger partial charge in [0.05, 0.1) is 5.92 Å². The van der Waals surface area contributed by atoms with E-state index in [1.165, 1.54) is 4.57 Å². The quantitative estimate of drug-likeness (QED) is 0.649. The third-order valence-electron chi connectivity index (χ3n) is 3.86. The molecule has 0 saturated carbocycles. The highest BCUT2D eigenvalue weighted by Gasteiger charge is 2.25. The normalized spacial score (nSPS) is 12.4. The van der Waals surface area contributed by atoms with E-state index in [0.717, 1.165) is 4.47 Å². The van der Waals surface area contributed by atoms with E-state index in [1.807, 2.05) is 0 Å². The van der Waals surface area contributed by atoms with Crippen molar-refractivity contribution in [2.45, 2.75) is 12.5 Å². The zero-order valence-electron chi connectivity index (χ0n) is 12.0. The third kappa shape index (κ3) is 2.77. The maximum atomic E-state index is 11.6. The number of aromatic hydroxyl groups is 2. The summed E-state index contributed by atoms with van der Waals surface area (Å²) in [5.74, 6) is -2.19. The largest absolute Gasteiger partial charge is 0.494 e. The number of aromatic nitrogens is 1. The lowest BCUT2D eigenvalue weighted by Gasteiger charge is -2.15. The van der Waals surface area contributed by atoms with Gasteiger partial charge in [-0.1, -0.05) is 40.2 Å². The van der Waals surface area contributed by atoms with E-state index in [1.54, 1.807) is 48.5 Å². The van der Waals surface area contributed by atoms with Gasteiger partial charge in [0.25, 0.3) is 0 Å². The number of rotatable bonds is 4. The van der Waals surface area contributed by atoms with Crippen LogP contribution in [-0.2, 0) is 11.3 Å². The molecule has 3 aromatic rings. The molecule has 1 aromatic heterocycles. The van der Waals surface area contributed by atoms with Gasteiger partial charge in [0.2, 0.25) is 11.8 Å². The molecule has 6 heteroatoms. The molecule has 3 N–H and O–H groups in total. The minimum Gasteiger partial charge on any atom is -0.494 e. The van der Waals surface area contributed by atoms with Crippen LogP contribution in [0.15, 0.2) is 53.0 Å². The zero-order chi connectivity index (χ0) is 16.6. The van der Waals surface area contributed by atoms with E-state index in [9.17, 15) is 20.1 Å². The van der Waals surface area contributed by atoms with Crippen molar-refractivity contribution in [3.8, 4) is 11.8 Å². The Balaban J connectivity index is 2.04. The van der Waals surface area contributed by atoms with Crippen LogP contribution in [0.5, 0.6) is 11.8 Å². The van der Waals surface area contributed by atoms with Gasteiger partial charge in [-0.2, -0.15) is 0 Å². The first-order chi connectivity index (χ1) is 11.0.